The molecule has 0 spiro atoms. The fraction of sp³-hybridized carbons (Fsp3) is 0.200. The molecule has 3 rings (SSSR count). The molecule has 2 nitrogen and oxygen atoms in total. The molecule has 0 aliphatic heterocycles. The van der Waals surface area contributed by atoms with Crippen molar-refractivity contribution in [2.45, 2.75) is 12.8 Å². The number of carbonyl (C=O) groups excluding carboxylic acids is 2. The maximum Gasteiger partial charge on any atom is 0.166 e. The summed E-state index contributed by atoms with van der Waals surface area (Å²) in [4.78, 5) is 25.7. The van der Waals surface area contributed by atoms with Gasteiger partial charge in [-0.2, -0.15) is 0 Å². The van der Waals surface area contributed by atoms with Gasteiger partial charge in [-0.3, -0.25) is 9.59 Å². The lowest BCUT2D eigenvalue weighted by Gasteiger charge is -2.26. The fourth-order valence-corrected chi connectivity index (χ4v) is 3.30. The molecule has 0 saturated heterocycles. The molecule has 4 heteroatoms. The van der Waals surface area contributed by atoms with Gasteiger partial charge < -0.3 is 0 Å². The third-order valence-electron chi connectivity index (χ3n) is 4.36. The second-order valence-corrected chi connectivity index (χ2v) is 6.77. The van der Waals surface area contributed by atoms with Crippen LogP contribution in [0.4, 0.5) is 0 Å². The van der Waals surface area contributed by atoms with Gasteiger partial charge >= 0.3 is 0 Å². The topological polar surface area (TPSA) is 34.1 Å². The molecule has 0 heterocycles. The minimum Gasteiger partial charge on any atom is -0.294 e. The highest BCUT2D eigenvalue weighted by Crippen LogP contribution is 2.32. The Balaban J connectivity index is 1.87. The first-order valence-electron chi connectivity index (χ1n) is 7.81. The Morgan fingerprint density at radius 1 is 0.667 bits per heavy atom. The van der Waals surface area contributed by atoms with Crippen LogP contribution in [0.3, 0.4) is 0 Å². The molecule has 2 atom stereocenters. The van der Waals surface area contributed by atoms with Crippen molar-refractivity contribution >= 4 is 34.8 Å². The van der Waals surface area contributed by atoms with Crippen LogP contribution in [-0.2, 0) is 0 Å². The van der Waals surface area contributed by atoms with Crippen LogP contribution >= 0.6 is 23.2 Å². The zero-order valence-electron chi connectivity index (χ0n) is 12.9. The quantitative estimate of drug-likeness (QED) is 0.523. The van der Waals surface area contributed by atoms with Crippen LogP contribution in [0.2, 0.25) is 10.0 Å². The van der Waals surface area contributed by atoms with E-state index < -0.39 is 0 Å². The highest BCUT2D eigenvalue weighted by atomic mass is 35.5. The Morgan fingerprint density at radius 3 is 1.33 bits per heavy atom. The van der Waals surface area contributed by atoms with Gasteiger partial charge in [-0.1, -0.05) is 35.4 Å². The Labute approximate surface area is 151 Å². The highest BCUT2D eigenvalue weighted by molar-refractivity contribution is 6.31. The second kappa shape index (κ2) is 7.33. The van der Waals surface area contributed by atoms with Crippen LogP contribution in [0, 0.1) is 11.8 Å². The van der Waals surface area contributed by atoms with E-state index in [-0.39, 0.29) is 23.4 Å². The number of Topliss-reactive ketones (excluding diaryl/α,β-unsaturated/α-hetero) is 2. The van der Waals surface area contributed by atoms with Crippen molar-refractivity contribution in [3.05, 3.63) is 81.9 Å². The van der Waals surface area contributed by atoms with E-state index >= 15 is 0 Å². The van der Waals surface area contributed by atoms with Crippen molar-refractivity contribution in [1.29, 1.82) is 0 Å². The summed E-state index contributed by atoms with van der Waals surface area (Å²) in [6.07, 6.45) is 5.10. The smallest absolute Gasteiger partial charge is 0.166 e. The lowest BCUT2D eigenvalue weighted by atomic mass is 9.75. The molecule has 24 heavy (non-hydrogen) atoms. The Morgan fingerprint density at radius 2 is 1.00 bits per heavy atom. The summed E-state index contributed by atoms with van der Waals surface area (Å²) in [7, 11) is 0. The Kier molecular flexibility index (Phi) is 5.17. The first-order valence-corrected chi connectivity index (χ1v) is 8.56. The molecule has 0 aromatic heterocycles. The third kappa shape index (κ3) is 3.61. The SMILES string of the molecule is O=C(c1ccc(Cl)cc1)[C@H]1CC=CC[C@@H]1C(=O)c1ccc(Cl)cc1. The van der Waals surface area contributed by atoms with Crippen molar-refractivity contribution in [3.63, 3.8) is 0 Å². The van der Waals surface area contributed by atoms with Crippen LogP contribution in [0.5, 0.6) is 0 Å². The van der Waals surface area contributed by atoms with Crippen molar-refractivity contribution in [2.75, 3.05) is 0 Å². The summed E-state index contributed by atoms with van der Waals surface area (Å²) in [6.45, 7) is 0. The molecule has 2 aromatic rings. The lowest BCUT2D eigenvalue weighted by Crippen LogP contribution is -2.31. The molecule has 0 saturated carbocycles. The summed E-state index contributed by atoms with van der Waals surface area (Å²) in [6, 6.07) is 13.7. The van der Waals surface area contributed by atoms with Gasteiger partial charge in [0.05, 0.1) is 0 Å². The van der Waals surface area contributed by atoms with Crippen molar-refractivity contribution in [1.82, 2.24) is 0 Å². The van der Waals surface area contributed by atoms with Gasteiger partial charge in [-0.25, -0.2) is 0 Å². The van der Waals surface area contributed by atoms with E-state index in [2.05, 4.69) is 0 Å². The van der Waals surface area contributed by atoms with Crippen molar-refractivity contribution in [3.8, 4) is 0 Å². The van der Waals surface area contributed by atoms with E-state index in [0.29, 0.717) is 34.0 Å². The van der Waals surface area contributed by atoms with Gasteiger partial charge in [0.2, 0.25) is 0 Å². The molecule has 1 aliphatic carbocycles. The van der Waals surface area contributed by atoms with Crippen molar-refractivity contribution < 1.29 is 9.59 Å². The molecule has 2 aromatic carbocycles. The molecule has 0 unspecified atom stereocenters. The van der Waals surface area contributed by atoms with E-state index in [9.17, 15) is 9.59 Å². The van der Waals surface area contributed by atoms with E-state index in [0.717, 1.165) is 0 Å². The van der Waals surface area contributed by atoms with Crippen LogP contribution < -0.4 is 0 Å². The van der Waals surface area contributed by atoms with Gasteiger partial charge in [0.25, 0.3) is 0 Å². The molecule has 0 fully saturated rings. The van der Waals surface area contributed by atoms with Gasteiger partial charge in [0.1, 0.15) is 0 Å². The number of carbonyl (C=O) groups is 2. The first-order chi connectivity index (χ1) is 11.6. The number of halogens is 2. The standard InChI is InChI=1S/C20H16Cl2O2/c21-15-9-5-13(6-10-15)19(23)17-3-1-2-4-18(17)20(24)14-7-11-16(22)12-8-14/h1-2,5-12,17-18H,3-4H2/t17-,18-/m0/s1. The summed E-state index contributed by atoms with van der Waals surface area (Å²) in [5, 5.41) is 1.17. The van der Waals surface area contributed by atoms with Gasteiger partial charge in [-0.15, -0.1) is 0 Å². The average Bonchev–Trinajstić information content (AvgIpc) is 2.62. The van der Waals surface area contributed by atoms with Gasteiger partial charge in [0, 0.05) is 33.0 Å². The predicted octanol–water partition coefficient (Wildman–Crippen LogP) is 5.64. The number of hydrogen-bond acceptors (Lipinski definition) is 2. The van der Waals surface area contributed by atoms with Gasteiger partial charge in [0.15, 0.2) is 11.6 Å². The van der Waals surface area contributed by atoms with Crippen molar-refractivity contribution in [2.24, 2.45) is 11.8 Å². The third-order valence-corrected chi connectivity index (χ3v) is 4.87. The molecule has 0 bridgehead atoms. The summed E-state index contributed by atoms with van der Waals surface area (Å²) in [5.74, 6) is -0.717. The number of rotatable bonds is 4. The Hall–Kier alpha value is -1.90. The normalized spacial score (nSPS) is 19.9. The molecule has 1 aliphatic rings. The van der Waals surface area contributed by atoms with E-state index in [1.54, 1.807) is 48.5 Å². The molecular formula is C20H16Cl2O2. The number of benzene rings is 2. The van der Waals surface area contributed by atoms with Crippen LogP contribution in [0.15, 0.2) is 60.7 Å². The van der Waals surface area contributed by atoms with Gasteiger partial charge in [-0.05, 0) is 61.4 Å². The first kappa shape index (κ1) is 16.9. The zero-order chi connectivity index (χ0) is 17.1. The molecule has 0 radical (unpaired) electrons. The molecule has 0 N–H and O–H groups in total. The number of allylic oxidation sites excluding steroid dienone is 2. The van der Waals surface area contributed by atoms with E-state index in [1.165, 1.54) is 0 Å². The minimum atomic E-state index is -0.348. The van der Waals surface area contributed by atoms with Crippen LogP contribution in [0.25, 0.3) is 0 Å². The van der Waals surface area contributed by atoms with Crippen LogP contribution in [0.1, 0.15) is 33.6 Å². The minimum absolute atomic E-state index is 0.0108. The Bertz CT molecular complexity index is 709. The molecular weight excluding hydrogens is 343 g/mol. The second-order valence-electron chi connectivity index (χ2n) is 5.90. The van der Waals surface area contributed by atoms with E-state index in [4.69, 9.17) is 23.2 Å². The molecule has 0 amide bonds. The summed E-state index contributed by atoms with van der Waals surface area (Å²) >= 11 is 11.8. The summed E-state index contributed by atoms with van der Waals surface area (Å²) in [5.41, 5.74) is 1.18. The fourth-order valence-electron chi connectivity index (χ4n) is 3.05. The predicted molar refractivity (Wildman–Crippen MR) is 96.9 cm³/mol. The number of ketones is 2. The molecule has 122 valence electrons. The van der Waals surface area contributed by atoms with E-state index in [1.807, 2.05) is 12.2 Å². The monoisotopic (exact) mass is 358 g/mol. The zero-order valence-corrected chi connectivity index (χ0v) is 14.4. The largest absolute Gasteiger partial charge is 0.294 e. The number of hydrogen-bond donors (Lipinski definition) is 0. The summed E-state index contributed by atoms with van der Waals surface area (Å²) < 4.78 is 0. The maximum absolute atomic E-state index is 12.9. The highest BCUT2D eigenvalue weighted by Gasteiger charge is 2.34. The van der Waals surface area contributed by atoms with Crippen LogP contribution in [-0.4, -0.2) is 11.6 Å². The maximum atomic E-state index is 12.9. The lowest BCUT2D eigenvalue weighted by molar-refractivity contribution is 0.0761. The average molecular weight is 359 g/mol.